The second kappa shape index (κ2) is 5.85. The minimum atomic E-state index is -5.85. The molecule has 18 heavy (non-hydrogen) atoms. The van der Waals surface area contributed by atoms with Gasteiger partial charge in [-0.1, -0.05) is 6.58 Å². The largest absolute Gasteiger partial charge is 0.861 e. The molecule has 104 valence electrons. The Bertz CT molecular complexity index is 466. The molecule has 6 nitrogen and oxygen atoms in total. The maximum absolute atomic E-state index is 11.8. The van der Waals surface area contributed by atoms with E-state index >= 15 is 0 Å². The standard InChI is InChI=1S/C8H10F3NO5S/c1-5(2)7(14)17-4-3-6(13)12-18(15,16)8(9,10)11/h1,3-4H2,2H3,(H,12,13)/p-1. The molecule has 0 rings (SSSR count). The van der Waals surface area contributed by atoms with Gasteiger partial charge in [0.05, 0.1) is 6.61 Å². The maximum atomic E-state index is 11.8. The zero-order chi connectivity index (χ0) is 14.6. The number of alkyl halides is 3. The molecule has 0 atom stereocenters. The van der Waals surface area contributed by atoms with Gasteiger partial charge in [0.2, 0.25) is 0 Å². The second-order valence-corrected chi connectivity index (χ2v) is 4.67. The first-order valence-corrected chi connectivity index (χ1v) is 5.81. The summed E-state index contributed by atoms with van der Waals surface area (Å²) in [5.74, 6) is -2.40. The Labute approximate surface area is 101 Å². The Hall–Kier alpha value is -1.58. The molecule has 0 bridgehead atoms. The molecule has 0 aliphatic rings. The van der Waals surface area contributed by atoms with E-state index in [4.69, 9.17) is 0 Å². The molecule has 0 heterocycles. The minimum Gasteiger partial charge on any atom is -0.861 e. The molecule has 0 aromatic heterocycles. The highest BCUT2D eigenvalue weighted by atomic mass is 32.2. The van der Waals surface area contributed by atoms with Gasteiger partial charge in [-0.3, -0.25) is 0 Å². The van der Waals surface area contributed by atoms with Crippen molar-refractivity contribution >= 4 is 21.9 Å². The van der Waals surface area contributed by atoms with Crippen molar-refractivity contribution in [3.8, 4) is 0 Å². The molecule has 0 aliphatic heterocycles. The molecule has 0 saturated heterocycles. The summed E-state index contributed by atoms with van der Waals surface area (Å²) < 4.78 is 62.7. The average Bonchev–Trinajstić information content (AvgIpc) is 2.14. The smallest absolute Gasteiger partial charge is 0.518 e. The number of carbonyl (C=O) groups is 1. The van der Waals surface area contributed by atoms with Gasteiger partial charge in [-0.2, -0.15) is 26.0 Å². The highest BCUT2D eigenvalue weighted by Crippen LogP contribution is 2.24. The lowest BCUT2D eigenvalue weighted by Gasteiger charge is -2.11. The number of carbonyl (C=O) groups excluding carboxylic acids is 1. The third kappa shape index (κ3) is 5.17. The third-order valence-electron chi connectivity index (χ3n) is 1.41. The van der Waals surface area contributed by atoms with Crippen molar-refractivity contribution in [3.63, 3.8) is 0 Å². The SMILES string of the molecule is C=C(C)C(=O)OCCC([O-])=NS(=O)(=O)C(F)(F)F. The van der Waals surface area contributed by atoms with E-state index in [-0.39, 0.29) is 5.57 Å². The van der Waals surface area contributed by atoms with Crippen LogP contribution in [0.15, 0.2) is 16.5 Å². The number of hydrogen-bond acceptors (Lipinski definition) is 5. The lowest BCUT2D eigenvalue weighted by molar-refractivity contribution is -0.219. The zero-order valence-corrected chi connectivity index (χ0v) is 9.97. The van der Waals surface area contributed by atoms with Crippen LogP contribution < -0.4 is 5.11 Å². The van der Waals surface area contributed by atoms with Crippen molar-refractivity contribution < 1.29 is 36.2 Å². The van der Waals surface area contributed by atoms with Crippen molar-refractivity contribution in [3.05, 3.63) is 12.2 Å². The first kappa shape index (κ1) is 16.4. The van der Waals surface area contributed by atoms with E-state index in [1.807, 2.05) is 4.40 Å². The summed E-state index contributed by atoms with van der Waals surface area (Å²) in [7, 11) is -5.85. The zero-order valence-electron chi connectivity index (χ0n) is 9.15. The van der Waals surface area contributed by atoms with E-state index in [9.17, 15) is 31.5 Å². The molecule has 0 aromatic carbocycles. The normalized spacial score (nSPS) is 13.2. The van der Waals surface area contributed by atoms with Gasteiger partial charge in [0.25, 0.3) is 0 Å². The fourth-order valence-corrected chi connectivity index (χ4v) is 1.05. The molecule has 10 heteroatoms. The van der Waals surface area contributed by atoms with Crippen LogP contribution in [0.2, 0.25) is 0 Å². The number of sulfonamides is 1. The first-order valence-electron chi connectivity index (χ1n) is 4.37. The molecule has 0 fully saturated rings. The number of halogens is 3. The van der Waals surface area contributed by atoms with E-state index in [2.05, 4.69) is 11.3 Å². The van der Waals surface area contributed by atoms with Crippen LogP contribution in [0.4, 0.5) is 13.2 Å². The number of esters is 1. The predicted octanol–water partition coefficient (Wildman–Crippen LogP) is 0.104. The van der Waals surface area contributed by atoms with Gasteiger partial charge < -0.3 is 9.84 Å². The summed E-state index contributed by atoms with van der Waals surface area (Å²) in [5, 5.41) is 10.8. The van der Waals surface area contributed by atoms with E-state index in [0.29, 0.717) is 0 Å². The van der Waals surface area contributed by atoms with Gasteiger partial charge in [-0.25, -0.2) is 4.79 Å². The molecule has 0 amide bonds. The van der Waals surface area contributed by atoms with E-state index in [1.54, 1.807) is 0 Å². The molecule has 0 aromatic rings. The lowest BCUT2D eigenvalue weighted by Crippen LogP contribution is -2.27. The number of hydrogen-bond donors (Lipinski definition) is 0. The maximum Gasteiger partial charge on any atom is 0.518 e. The summed E-state index contributed by atoms with van der Waals surface area (Å²) >= 11 is 0. The van der Waals surface area contributed by atoms with E-state index in [0.717, 1.165) is 0 Å². The van der Waals surface area contributed by atoms with Crippen LogP contribution in [-0.2, 0) is 19.6 Å². The Morgan fingerprint density at radius 3 is 2.33 bits per heavy atom. The van der Waals surface area contributed by atoms with Crippen LogP contribution >= 0.6 is 0 Å². The first-order chi connectivity index (χ1) is 7.97. The van der Waals surface area contributed by atoms with Crippen molar-refractivity contribution in [2.45, 2.75) is 18.9 Å². The van der Waals surface area contributed by atoms with E-state index in [1.165, 1.54) is 6.92 Å². The van der Waals surface area contributed by atoms with Crippen LogP contribution in [0.3, 0.4) is 0 Å². The summed E-state index contributed by atoms with van der Waals surface area (Å²) in [4.78, 5) is 10.8. The predicted molar refractivity (Wildman–Crippen MR) is 52.8 cm³/mol. The Morgan fingerprint density at radius 1 is 1.44 bits per heavy atom. The molecular weight excluding hydrogens is 279 g/mol. The van der Waals surface area contributed by atoms with Gasteiger partial charge >= 0.3 is 21.5 Å². The van der Waals surface area contributed by atoms with Crippen molar-refractivity contribution in [2.75, 3.05) is 6.61 Å². The number of nitrogens with zero attached hydrogens (tertiary/aromatic N) is 1. The topological polar surface area (TPSA) is 95.9 Å². The van der Waals surface area contributed by atoms with Crippen LogP contribution in [0.1, 0.15) is 13.3 Å². The fourth-order valence-electron chi connectivity index (χ4n) is 0.586. The van der Waals surface area contributed by atoms with Gasteiger partial charge in [0.15, 0.2) is 0 Å². The highest BCUT2D eigenvalue weighted by molar-refractivity contribution is 7.91. The molecule has 0 saturated carbocycles. The highest BCUT2D eigenvalue weighted by Gasteiger charge is 2.45. The van der Waals surface area contributed by atoms with Crippen LogP contribution in [0.5, 0.6) is 0 Å². The van der Waals surface area contributed by atoms with E-state index < -0.39 is 40.4 Å². The molecule has 0 aliphatic carbocycles. The van der Waals surface area contributed by atoms with Crippen LogP contribution in [0.25, 0.3) is 0 Å². The summed E-state index contributed by atoms with van der Waals surface area (Å²) in [6.45, 7) is 3.96. The van der Waals surface area contributed by atoms with Gasteiger partial charge in [-0.05, 0) is 12.8 Å². The summed E-state index contributed by atoms with van der Waals surface area (Å²) in [6.07, 6.45) is -0.770. The third-order valence-corrected chi connectivity index (χ3v) is 2.44. The van der Waals surface area contributed by atoms with Crippen molar-refractivity contribution in [1.29, 1.82) is 0 Å². The van der Waals surface area contributed by atoms with Crippen LogP contribution in [-0.4, -0.2) is 32.4 Å². The Balaban J connectivity index is 4.48. The van der Waals surface area contributed by atoms with Gasteiger partial charge in [0, 0.05) is 12.0 Å². The molecule has 0 unspecified atom stereocenters. The average molecular weight is 288 g/mol. The quantitative estimate of drug-likeness (QED) is 0.309. The molecule has 0 radical (unpaired) electrons. The fraction of sp³-hybridized carbons (Fsp3) is 0.500. The molecule has 0 spiro atoms. The van der Waals surface area contributed by atoms with Crippen molar-refractivity contribution in [2.24, 2.45) is 4.40 Å². The van der Waals surface area contributed by atoms with Gasteiger partial charge in [0.1, 0.15) is 0 Å². The number of rotatable bonds is 5. The second-order valence-electron chi connectivity index (χ2n) is 3.07. The summed E-state index contributed by atoms with van der Waals surface area (Å²) in [5.41, 5.74) is -5.60. The molecule has 0 N–H and O–H groups in total. The molecular formula is C8H9F3NO5S-. The minimum absolute atomic E-state index is 0.0299. The van der Waals surface area contributed by atoms with Crippen molar-refractivity contribution in [1.82, 2.24) is 0 Å². The Morgan fingerprint density at radius 2 is 1.94 bits per heavy atom. The monoisotopic (exact) mass is 288 g/mol. The Kier molecular flexibility index (Phi) is 5.33. The number of ether oxygens (including phenoxy) is 1. The van der Waals surface area contributed by atoms with Gasteiger partial charge in [-0.15, -0.1) is 0 Å². The lowest BCUT2D eigenvalue weighted by atomic mass is 10.4. The summed E-state index contributed by atoms with van der Waals surface area (Å²) in [6, 6.07) is 0. The van der Waals surface area contributed by atoms with Crippen LogP contribution in [0, 0.1) is 0 Å².